The summed E-state index contributed by atoms with van der Waals surface area (Å²) >= 11 is -0.468. The summed E-state index contributed by atoms with van der Waals surface area (Å²) in [4.78, 5) is 10.5. The molecule has 4 heteroatoms. The van der Waals surface area contributed by atoms with Gasteiger partial charge in [0, 0.05) is 0 Å². The Morgan fingerprint density at radius 1 is 0.938 bits per heavy atom. The van der Waals surface area contributed by atoms with Gasteiger partial charge in [-0.1, -0.05) is 0 Å². The molecule has 2 rings (SSSR count). The number of hydrogen-bond donors (Lipinski definition) is 0. The van der Waals surface area contributed by atoms with Gasteiger partial charge < -0.3 is 0 Å². The number of para-hydroxylation sites is 1. The fraction of sp³-hybridized carbons (Fsp3) is 0. The van der Waals surface area contributed by atoms with E-state index in [1.54, 1.807) is 12.1 Å². The quantitative estimate of drug-likeness (QED) is 0.443. The minimum atomic E-state index is -0.468. The SMILES string of the molecule is O=[N+]([O-])c1ccccc1[I-]c1ccccc1. The Morgan fingerprint density at radius 3 is 2.25 bits per heavy atom. The second-order valence-electron chi connectivity index (χ2n) is 3.10. The van der Waals surface area contributed by atoms with Crippen LogP contribution < -0.4 is 21.2 Å². The third kappa shape index (κ3) is 2.57. The average molecular weight is 326 g/mol. The number of nitrogens with zero attached hydrogens (tertiary/aromatic N) is 1. The van der Waals surface area contributed by atoms with Gasteiger partial charge in [0.1, 0.15) is 0 Å². The topological polar surface area (TPSA) is 43.1 Å². The van der Waals surface area contributed by atoms with Crippen molar-refractivity contribution in [1.29, 1.82) is 0 Å². The van der Waals surface area contributed by atoms with E-state index in [1.807, 2.05) is 42.5 Å². The predicted octanol–water partition coefficient (Wildman–Crippen LogP) is -0.277. The molecule has 0 amide bonds. The Morgan fingerprint density at radius 2 is 1.56 bits per heavy atom. The zero-order chi connectivity index (χ0) is 11.4. The van der Waals surface area contributed by atoms with Gasteiger partial charge in [-0.25, -0.2) is 0 Å². The number of halogens is 1. The Hall–Kier alpha value is -1.43. The van der Waals surface area contributed by atoms with Gasteiger partial charge in [0.05, 0.1) is 0 Å². The van der Waals surface area contributed by atoms with Crippen LogP contribution in [0.25, 0.3) is 0 Å². The molecular formula is C12H9INO2-. The van der Waals surface area contributed by atoms with Crippen molar-refractivity contribution in [2.24, 2.45) is 0 Å². The van der Waals surface area contributed by atoms with Crippen LogP contribution in [0, 0.1) is 17.3 Å². The number of hydrogen-bond acceptors (Lipinski definition) is 2. The number of nitro groups is 1. The third-order valence-electron chi connectivity index (χ3n) is 1.99. The van der Waals surface area contributed by atoms with Crippen LogP contribution in [0.5, 0.6) is 0 Å². The zero-order valence-electron chi connectivity index (χ0n) is 8.34. The second kappa shape index (κ2) is 5.07. The normalized spacial score (nSPS) is 10.2. The molecule has 3 nitrogen and oxygen atoms in total. The van der Waals surface area contributed by atoms with Gasteiger partial charge in [-0.05, 0) is 0 Å². The summed E-state index contributed by atoms with van der Waals surface area (Å²) in [5, 5.41) is 10.8. The van der Waals surface area contributed by atoms with Gasteiger partial charge in [-0.3, -0.25) is 0 Å². The molecule has 0 fully saturated rings. The second-order valence-corrected chi connectivity index (χ2v) is 6.05. The molecule has 0 atom stereocenters. The van der Waals surface area contributed by atoms with E-state index < -0.39 is 21.2 Å². The Balaban J connectivity index is 2.31. The van der Waals surface area contributed by atoms with E-state index in [9.17, 15) is 10.1 Å². The van der Waals surface area contributed by atoms with E-state index in [4.69, 9.17) is 0 Å². The molecule has 16 heavy (non-hydrogen) atoms. The van der Waals surface area contributed by atoms with Crippen molar-refractivity contribution in [3.8, 4) is 0 Å². The summed E-state index contributed by atoms with van der Waals surface area (Å²) in [5.74, 6) is 0. The first kappa shape index (κ1) is 11.1. The Labute approximate surface area is 104 Å². The molecular weight excluding hydrogens is 317 g/mol. The van der Waals surface area contributed by atoms with Gasteiger partial charge >= 0.3 is 104 Å². The standard InChI is InChI=1S/C12H9INO2/c15-14(16)12-9-5-4-8-11(12)13-10-6-2-1-3-7-10/h1-9H/q-1. The maximum absolute atomic E-state index is 10.8. The molecule has 2 aromatic carbocycles. The van der Waals surface area contributed by atoms with Crippen molar-refractivity contribution in [3.05, 3.63) is 71.9 Å². The fourth-order valence-electron chi connectivity index (χ4n) is 1.27. The van der Waals surface area contributed by atoms with Crippen LogP contribution >= 0.6 is 0 Å². The summed E-state index contributed by atoms with van der Waals surface area (Å²) in [6, 6.07) is 16.9. The predicted molar refractivity (Wildman–Crippen MR) is 56.9 cm³/mol. The molecule has 0 aromatic heterocycles. The molecule has 0 unspecified atom stereocenters. The molecule has 0 heterocycles. The van der Waals surface area contributed by atoms with Crippen LogP contribution in [0.3, 0.4) is 0 Å². The van der Waals surface area contributed by atoms with Gasteiger partial charge in [-0.15, -0.1) is 0 Å². The Kier molecular flexibility index (Phi) is 3.51. The summed E-state index contributed by atoms with van der Waals surface area (Å²) in [6.07, 6.45) is 0. The van der Waals surface area contributed by atoms with Crippen LogP contribution in [0.2, 0.25) is 0 Å². The average Bonchev–Trinajstić information content (AvgIpc) is 2.31. The van der Waals surface area contributed by atoms with Gasteiger partial charge in [0.25, 0.3) is 0 Å². The van der Waals surface area contributed by atoms with Crippen LogP contribution in [0.4, 0.5) is 5.69 Å². The third-order valence-corrected chi connectivity index (χ3v) is 4.83. The van der Waals surface area contributed by atoms with E-state index in [2.05, 4.69) is 0 Å². The molecule has 0 aliphatic heterocycles. The molecule has 0 saturated carbocycles. The molecule has 0 spiro atoms. The molecule has 0 bridgehead atoms. The zero-order valence-corrected chi connectivity index (χ0v) is 10.5. The maximum atomic E-state index is 10.8. The summed E-state index contributed by atoms with van der Waals surface area (Å²) in [6.45, 7) is 0. The molecule has 0 aliphatic carbocycles. The summed E-state index contributed by atoms with van der Waals surface area (Å²) in [5.41, 5.74) is 0.235. The molecule has 2 aromatic rings. The minimum absolute atomic E-state index is 0.235. The van der Waals surface area contributed by atoms with Crippen molar-refractivity contribution in [2.75, 3.05) is 0 Å². The number of rotatable bonds is 3. The van der Waals surface area contributed by atoms with Crippen molar-refractivity contribution in [1.82, 2.24) is 0 Å². The van der Waals surface area contributed by atoms with E-state index >= 15 is 0 Å². The molecule has 0 radical (unpaired) electrons. The first-order valence-corrected chi connectivity index (χ1v) is 6.86. The van der Waals surface area contributed by atoms with Crippen molar-refractivity contribution in [3.63, 3.8) is 0 Å². The van der Waals surface area contributed by atoms with Crippen LogP contribution in [0.1, 0.15) is 0 Å². The Bertz CT molecular complexity index is 499. The summed E-state index contributed by atoms with van der Waals surface area (Å²) < 4.78 is 2.05. The van der Waals surface area contributed by atoms with Gasteiger partial charge in [0.2, 0.25) is 0 Å². The molecule has 82 valence electrons. The van der Waals surface area contributed by atoms with Crippen molar-refractivity contribution in [2.45, 2.75) is 0 Å². The van der Waals surface area contributed by atoms with Gasteiger partial charge in [-0.2, -0.15) is 0 Å². The van der Waals surface area contributed by atoms with E-state index in [0.717, 1.165) is 3.57 Å². The van der Waals surface area contributed by atoms with E-state index in [-0.39, 0.29) is 10.6 Å². The van der Waals surface area contributed by atoms with Crippen LogP contribution in [-0.2, 0) is 0 Å². The van der Waals surface area contributed by atoms with E-state index in [0.29, 0.717) is 0 Å². The fourth-order valence-corrected chi connectivity index (χ4v) is 3.76. The first-order valence-electron chi connectivity index (χ1n) is 4.70. The van der Waals surface area contributed by atoms with Crippen molar-refractivity contribution >= 4 is 5.69 Å². The number of nitro benzene ring substituents is 1. The van der Waals surface area contributed by atoms with E-state index in [1.165, 1.54) is 3.57 Å². The molecule has 0 saturated heterocycles. The first-order chi connectivity index (χ1) is 7.77. The number of benzene rings is 2. The summed E-state index contributed by atoms with van der Waals surface area (Å²) in [7, 11) is 0. The monoisotopic (exact) mass is 326 g/mol. The van der Waals surface area contributed by atoms with Crippen molar-refractivity contribution < 1.29 is 26.1 Å². The van der Waals surface area contributed by atoms with Crippen LogP contribution in [0.15, 0.2) is 54.6 Å². The molecule has 0 aliphatic rings. The molecule has 0 N–H and O–H groups in total. The van der Waals surface area contributed by atoms with Crippen LogP contribution in [-0.4, -0.2) is 4.92 Å². The van der Waals surface area contributed by atoms with Gasteiger partial charge in [0.15, 0.2) is 0 Å².